The number of ether oxygens (including phenoxy) is 1. The van der Waals surface area contributed by atoms with E-state index in [1.54, 1.807) is 0 Å². The van der Waals surface area contributed by atoms with Crippen LogP contribution in [0.1, 0.15) is 22.3 Å². The van der Waals surface area contributed by atoms with Crippen LogP contribution in [0, 0.1) is 11.8 Å². The lowest BCUT2D eigenvalue weighted by Crippen LogP contribution is -2.34. The fraction of sp³-hybridized carbons (Fsp3) is 0.194. The van der Waals surface area contributed by atoms with Crippen LogP contribution in [0.25, 0.3) is 10.8 Å². The second-order valence-corrected chi connectivity index (χ2v) is 10.6. The lowest BCUT2D eigenvalue weighted by molar-refractivity contribution is 0.0985. The molecule has 40 heavy (non-hydrogen) atoms. The highest BCUT2D eigenvalue weighted by atomic mass is 16.5. The van der Waals surface area contributed by atoms with Crippen molar-refractivity contribution in [3.63, 3.8) is 0 Å². The Morgan fingerprint density at radius 1 is 0.700 bits per heavy atom. The van der Waals surface area contributed by atoms with E-state index in [0.29, 0.717) is 23.9 Å². The third-order valence-corrected chi connectivity index (χ3v) is 7.91. The van der Waals surface area contributed by atoms with Crippen molar-refractivity contribution in [3.8, 4) is 11.5 Å². The maximum atomic E-state index is 14.0. The quantitative estimate of drug-likeness (QED) is 0.214. The topological polar surface area (TPSA) is 41.6 Å². The molecule has 0 saturated carbocycles. The molecule has 1 fully saturated rings. The van der Waals surface area contributed by atoms with Crippen molar-refractivity contribution in [2.24, 2.45) is 11.8 Å². The van der Waals surface area contributed by atoms with Gasteiger partial charge in [0.2, 0.25) is 0 Å². The van der Waals surface area contributed by atoms with Crippen molar-refractivity contribution in [2.45, 2.75) is 12.8 Å². The fourth-order valence-corrected chi connectivity index (χ4v) is 5.72. The largest absolute Gasteiger partial charge is 0.457 e. The highest BCUT2D eigenvalue weighted by Gasteiger charge is 2.29. The molecule has 0 bridgehead atoms. The number of fused-ring (bicyclic) bond motifs is 1. The third kappa shape index (κ3) is 6.08. The van der Waals surface area contributed by atoms with E-state index in [1.807, 2.05) is 89.8 Å². The summed E-state index contributed by atoms with van der Waals surface area (Å²) in [5, 5.41) is 5.80. The molecule has 0 radical (unpaired) electrons. The SMILES string of the molecule is O=C(c1ccc2ccccc2c1)N(CCC1CNC[C@@H]1Cc1ccccc1)c1ccc(Oc2ccccc2)cc1. The number of hydrogen-bond acceptors (Lipinski definition) is 3. The number of carbonyl (C=O) groups is 1. The van der Waals surface area contributed by atoms with Crippen LogP contribution in [-0.2, 0) is 6.42 Å². The summed E-state index contributed by atoms with van der Waals surface area (Å²) >= 11 is 0. The second-order valence-electron chi connectivity index (χ2n) is 10.6. The Hall–Kier alpha value is -4.41. The van der Waals surface area contributed by atoms with Crippen molar-refractivity contribution in [1.29, 1.82) is 0 Å². The van der Waals surface area contributed by atoms with E-state index < -0.39 is 0 Å². The highest BCUT2D eigenvalue weighted by Crippen LogP contribution is 2.29. The molecule has 4 heteroatoms. The molecule has 0 aliphatic carbocycles. The Labute approximate surface area is 236 Å². The van der Waals surface area contributed by atoms with Crippen LogP contribution in [0.15, 0.2) is 127 Å². The average molecular weight is 527 g/mol. The van der Waals surface area contributed by atoms with Crippen molar-refractivity contribution in [1.82, 2.24) is 5.32 Å². The zero-order valence-electron chi connectivity index (χ0n) is 22.6. The molecule has 2 atom stereocenters. The van der Waals surface area contributed by atoms with Gasteiger partial charge in [0, 0.05) is 17.8 Å². The van der Waals surface area contributed by atoms with Gasteiger partial charge in [-0.2, -0.15) is 0 Å². The lowest BCUT2D eigenvalue weighted by atomic mass is 9.87. The Morgan fingerprint density at radius 2 is 1.35 bits per heavy atom. The Balaban J connectivity index is 1.23. The molecule has 5 aromatic carbocycles. The first-order valence-corrected chi connectivity index (χ1v) is 14.1. The molecule has 4 nitrogen and oxygen atoms in total. The lowest BCUT2D eigenvalue weighted by Gasteiger charge is -2.26. The normalized spacial score (nSPS) is 16.6. The van der Waals surface area contributed by atoms with Crippen molar-refractivity contribution >= 4 is 22.4 Å². The average Bonchev–Trinajstić information content (AvgIpc) is 3.45. The van der Waals surface area contributed by atoms with Gasteiger partial charge in [0.1, 0.15) is 11.5 Å². The van der Waals surface area contributed by atoms with Gasteiger partial charge in [0.05, 0.1) is 0 Å². The number of nitrogens with zero attached hydrogens (tertiary/aromatic N) is 1. The first kappa shape index (κ1) is 25.8. The molecule has 1 heterocycles. The summed E-state index contributed by atoms with van der Waals surface area (Å²) in [5.74, 6) is 2.62. The molecule has 0 spiro atoms. The van der Waals surface area contributed by atoms with Crippen molar-refractivity contribution in [3.05, 3.63) is 139 Å². The summed E-state index contributed by atoms with van der Waals surface area (Å²) in [7, 11) is 0. The van der Waals surface area contributed by atoms with E-state index in [2.05, 4.69) is 47.8 Å². The minimum atomic E-state index is 0.0213. The number of amides is 1. The van der Waals surface area contributed by atoms with E-state index in [9.17, 15) is 4.79 Å². The third-order valence-electron chi connectivity index (χ3n) is 7.91. The highest BCUT2D eigenvalue weighted by molar-refractivity contribution is 6.08. The van der Waals surface area contributed by atoms with Gasteiger partial charge in [-0.15, -0.1) is 0 Å². The fourth-order valence-electron chi connectivity index (χ4n) is 5.72. The number of carbonyl (C=O) groups excluding carboxylic acids is 1. The van der Waals surface area contributed by atoms with Gasteiger partial charge in [-0.05, 0) is 103 Å². The van der Waals surface area contributed by atoms with Gasteiger partial charge in [0.15, 0.2) is 0 Å². The molecule has 1 unspecified atom stereocenters. The smallest absolute Gasteiger partial charge is 0.258 e. The maximum absolute atomic E-state index is 14.0. The minimum absolute atomic E-state index is 0.0213. The molecule has 1 aliphatic rings. The maximum Gasteiger partial charge on any atom is 0.258 e. The van der Waals surface area contributed by atoms with Crippen LogP contribution in [0.4, 0.5) is 5.69 Å². The summed E-state index contributed by atoms with van der Waals surface area (Å²) in [4.78, 5) is 16.0. The summed E-state index contributed by atoms with van der Waals surface area (Å²) in [6.45, 7) is 2.66. The molecule has 1 amide bonds. The van der Waals surface area contributed by atoms with Gasteiger partial charge in [-0.3, -0.25) is 4.79 Å². The molecule has 6 rings (SSSR count). The molecule has 5 aromatic rings. The Kier molecular flexibility index (Phi) is 7.87. The molecule has 200 valence electrons. The summed E-state index contributed by atoms with van der Waals surface area (Å²) < 4.78 is 6.01. The molecule has 0 aromatic heterocycles. The monoisotopic (exact) mass is 526 g/mol. The molecule has 1 aliphatic heterocycles. The number of hydrogen-bond donors (Lipinski definition) is 1. The van der Waals surface area contributed by atoms with Crippen LogP contribution in [0.2, 0.25) is 0 Å². The second kappa shape index (κ2) is 12.2. The summed E-state index contributed by atoms with van der Waals surface area (Å²) in [6, 6.07) is 42.5. The van der Waals surface area contributed by atoms with E-state index in [0.717, 1.165) is 53.9 Å². The van der Waals surface area contributed by atoms with Crippen LogP contribution in [0.5, 0.6) is 11.5 Å². The van der Waals surface area contributed by atoms with Gasteiger partial charge < -0.3 is 15.0 Å². The first-order valence-electron chi connectivity index (χ1n) is 14.1. The number of benzene rings is 5. The van der Waals surface area contributed by atoms with Crippen LogP contribution in [0.3, 0.4) is 0 Å². The van der Waals surface area contributed by atoms with E-state index >= 15 is 0 Å². The van der Waals surface area contributed by atoms with Gasteiger partial charge in [0.25, 0.3) is 5.91 Å². The summed E-state index contributed by atoms with van der Waals surface area (Å²) in [5.41, 5.74) is 2.96. The molecular weight excluding hydrogens is 492 g/mol. The molecule has 1 N–H and O–H groups in total. The van der Waals surface area contributed by atoms with Crippen LogP contribution in [-0.4, -0.2) is 25.5 Å². The molecule has 1 saturated heterocycles. The van der Waals surface area contributed by atoms with Gasteiger partial charge >= 0.3 is 0 Å². The predicted molar refractivity (Wildman–Crippen MR) is 163 cm³/mol. The number of rotatable bonds is 9. The van der Waals surface area contributed by atoms with Crippen molar-refractivity contribution < 1.29 is 9.53 Å². The van der Waals surface area contributed by atoms with E-state index in [4.69, 9.17) is 4.74 Å². The van der Waals surface area contributed by atoms with Crippen LogP contribution >= 0.6 is 0 Å². The van der Waals surface area contributed by atoms with E-state index in [1.165, 1.54) is 5.56 Å². The standard InChI is InChI=1S/C36H34N2O2/c39-36(30-16-15-28-11-7-8-12-29(28)24-30)38(33-17-19-35(20-18-33)40-34-13-5-2-6-14-34)22-21-31-25-37-26-32(31)23-27-9-3-1-4-10-27/h1-20,24,31-32,37H,21-23,25-26H2/t31?,32-/m0/s1. The first-order chi connectivity index (χ1) is 19.7. The van der Waals surface area contributed by atoms with Gasteiger partial charge in [-0.25, -0.2) is 0 Å². The number of nitrogens with one attached hydrogen (secondary N) is 1. The summed E-state index contributed by atoms with van der Waals surface area (Å²) in [6.07, 6.45) is 1.99. The van der Waals surface area contributed by atoms with Gasteiger partial charge in [-0.1, -0.05) is 78.9 Å². The van der Waals surface area contributed by atoms with Crippen LogP contribution < -0.4 is 15.0 Å². The zero-order valence-corrected chi connectivity index (χ0v) is 22.6. The Bertz CT molecular complexity index is 1550. The van der Waals surface area contributed by atoms with Crippen molar-refractivity contribution in [2.75, 3.05) is 24.5 Å². The minimum Gasteiger partial charge on any atom is -0.457 e. The number of para-hydroxylation sites is 1. The zero-order chi connectivity index (χ0) is 27.1. The van der Waals surface area contributed by atoms with E-state index in [-0.39, 0.29) is 5.91 Å². The predicted octanol–water partition coefficient (Wildman–Crippen LogP) is 7.75. The number of anilines is 1. The molecular formula is C36H34N2O2. The Morgan fingerprint density at radius 3 is 2.12 bits per heavy atom.